The second kappa shape index (κ2) is 5.47. The van der Waals surface area contributed by atoms with E-state index in [1.807, 2.05) is 0 Å². The molecule has 13 heavy (non-hydrogen) atoms. The molecule has 0 bridgehead atoms. The zero-order chi connectivity index (χ0) is 10.4. The molecule has 0 aromatic heterocycles. The fraction of sp³-hybridized carbons (Fsp3) is 0.714. The van der Waals surface area contributed by atoms with Crippen LogP contribution >= 0.6 is 0 Å². The molecule has 0 aliphatic rings. The normalized spacial score (nSPS) is 14.5. The molecule has 0 aromatic rings. The van der Waals surface area contributed by atoms with E-state index in [0.29, 0.717) is 0 Å². The van der Waals surface area contributed by atoms with Crippen LogP contribution < -0.4 is 5.73 Å². The summed E-state index contributed by atoms with van der Waals surface area (Å²) in [6.45, 7) is 0. The first-order valence-electron chi connectivity index (χ1n) is 3.58. The first-order chi connectivity index (χ1) is 6.02. The average Bonchev–Trinajstić information content (AvgIpc) is 2.14. The average molecular weight is 193 g/mol. The third-order valence-electron chi connectivity index (χ3n) is 1.42. The first-order valence-corrected chi connectivity index (χ1v) is 3.58. The highest BCUT2D eigenvalue weighted by Crippen LogP contribution is 2.04. The zero-order valence-electron chi connectivity index (χ0n) is 7.45. The van der Waals surface area contributed by atoms with Crippen LogP contribution in [0.4, 0.5) is 4.39 Å². The van der Waals surface area contributed by atoms with Gasteiger partial charge >= 0.3 is 11.9 Å². The quantitative estimate of drug-likeness (QED) is 0.602. The number of carbonyl (C=O) groups excluding carboxylic acids is 2. The highest BCUT2D eigenvalue weighted by Gasteiger charge is 2.25. The van der Waals surface area contributed by atoms with E-state index in [0.717, 1.165) is 14.2 Å². The topological polar surface area (TPSA) is 78.6 Å². The molecule has 0 heterocycles. The minimum Gasteiger partial charge on any atom is -0.468 e. The molecule has 0 spiro atoms. The molecule has 2 atom stereocenters. The number of hydrogen-bond acceptors (Lipinski definition) is 5. The predicted molar refractivity (Wildman–Crippen MR) is 41.5 cm³/mol. The van der Waals surface area contributed by atoms with E-state index in [1.165, 1.54) is 0 Å². The van der Waals surface area contributed by atoms with E-state index in [9.17, 15) is 14.0 Å². The molecule has 0 amide bonds. The number of esters is 2. The third kappa shape index (κ3) is 3.84. The summed E-state index contributed by atoms with van der Waals surface area (Å²) in [6.07, 6.45) is -2.32. The van der Waals surface area contributed by atoms with Gasteiger partial charge in [-0.15, -0.1) is 0 Å². The minimum absolute atomic E-state index is 0.431. The van der Waals surface area contributed by atoms with Crippen LogP contribution in [0.2, 0.25) is 0 Å². The van der Waals surface area contributed by atoms with Crippen molar-refractivity contribution in [3.8, 4) is 0 Å². The maximum atomic E-state index is 12.8. The lowest BCUT2D eigenvalue weighted by Gasteiger charge is -2.10. The molecule has 0 aromatic carbocycles. The van der Waals surface area contributed by atoms with Gasteiger partial charge in [-0.25, -0.2) is 9.18 Å². The van der Waals surface area contributed by atoms with E-state index in [2.05, 4.69) is 9.47 Å². The van der Waals surface area contributed by atoms with Crippen LogP contribution in [0.5, 0.6) is 0 Å². The van der Waals surface area contributed by atoms with Crippen LogP contribution in [0.3, 0.4) is 0 Å². The highest BCUT2D eigenvalue weighted by molar-refractivity contribution is 5.78. The summed E-state index contributed by atoms with van der Waals surface area (Å²) in [5.41, 5.74) is 5.20. The number of alkyl halides is 1. The van der Waals surface area contributed by atoms with Gasteiger partial charge in [0.15, 0.2) is 6.17 Å². The maximum absolute atomic E-state index is 12.8. The Bertz CT molecular complexity index is 177. The van der Waals surface area contributed by atoms with Crippen molar-refractivity contribution in [1.29, 1.82) is 0 Å². The van der Waals surface area contributed by atoms with E-state index < -0.39 is 30.6 Å². The fourth-order valence-corrected chi connectivity index (χ4v) is 0.695. The molecule has 0 aliphatic carbocycles. The molecule has 2 N–H and O–H groups in total. The Morgan fingerprint density at radius 3 is 2.15 bits per heavy atom. The molecule has 0 radical (unpaired) electrons. The monoisotopic (exact) mass is 193 g/mol. The van der Waals surface area contributed by atoms with Gasteiger partial charge in [-0.1, -0.05) is 0 Å². The number of hydrogen-bond donors (Lipinski definition) is 1. The molecule has 0 rings (SSSR count). The summed E-state index contributed by atoms with van der Waals surface area (Å²) in [7, 11) is 2.19. The van der Waals surface area contributed by atoms with Crippen molar-refractivity contribution in [2.75, 3.05) is 14.2 Å². The van der Waals surface area contributed by atoms with Crippen LogP contribution in [-0.4, -0.2) is 38.4 Å². The lowest BCUT2D eigenvalue weighted by molar-refractivity contribution is -0.148. The maximum Gasteiger partial charge on any atom is 0.340 e. The number of rotatable bonds is 4. The van der Waals surface area contributed by atoms with E-state index in [4.69, 9.17) is 5.73 Å². The largest absolute Gasteiger partial charge is 0.468 e. The van der Waals surface area contributed by atoms with Crippen molar-refractivity contribution < 1.29 is 23.5 Å². The number of carbonyl (C=O) groups is 2. The van der Waals surface area contributed by atoms with Gasteiger partial charge in [-0.2, -0.15) is 0 Å². The van der Waals surface area contributed by atoms with Gasteiger partial charge in [-0.05, 0) is 0 Å². The third-order valence-corrected chi connectivity index (χ3v) is 1.42. The van der Waals surface area contributed by atoms with Crippen LogP contribution in [0.25, 0.3) is 0 Å². The first kappa shape index (κ1) is 11.8. The van der Waals surface area contributed by atoms with Crippen molar-refractivity contribution in [3.05, 3.63) is 0 Å². The summed E-state index contributed by atoms with van der Waals surface area (Å²) in [4.78, 5) is 21.2. The molecule has 76 valence electrons. The Kier molecular flexibility index (Phi) is 4.98. The Morgan fingerprint density at radius 2 is 1.77 bits per heavy atom. The molecule has 5 nitrogen and oxygen atoms in total. The lowest BCUT2D eigenvalue weighted by Crippen LogP contribution is -2.36. The van der Waals surface area contributed by atoms with Gasteiger partial charge < -0.3 is 15.2 Å². The summed E-state index contributed by atoms with van der Waals surface area (Å²) in [6, 6.07) is -1.14. The molecule has 0 unspecified atom stereocenters. The van der Waals surface area contributed by atoms with Gasteiger partial charge in [-0.3, -0.25) is 4.79 Å². The Labute approximate surface area is 75.0 Å². The molecule has 0 saturated heterocycles. The Hall–Kier alpha value is -1.17. The molecule has 0 fully saturated rings. The lowest BCUT2D eigenvalue weighted by atomic mass is 10.1. The van der Waals surface area contributed by atoms with Gasteiger partial charge in [0.05, 0.1) is 14.2 Å². The van der Waals surface area contributed by atoms with Gasteiger partial charge in [0, 0.05) is 6.42 Å². The van der Waals surface area contributed by atoms with Crippen LogP contribution in [0, 0.1) is 0 Å². The standard InChI is InChI=1S/C7H12FNO4/c1-12-6(10)4(8)3-5(9)7(11)13-2/h4-5H,3,9H2,1-2H3/t4-,5+/m1/s1. The van der Waals surface area contributed by atoms with Gasteiger partial charge in [0.1, 0.15) is 6.04 Å². The summed E-state index contributed by atoms with van der Waals surface area (Å²) in [5.74, 6) is -1.80. The van der Waals surface area contributed by atoms with Crippen molar-refractivity contribution in [1.82, 2.24) is 0 Å². The number of halogens is 1. The molecular formula is C7H12FNO4. The number of ether oxygens (including phenoxy) is 2. The van der Waals surface area contributed by atoms with E-state index in [1.54, 1.807) is 0 Å². The zero-order valence-corrected chi connectivity index (χ0v) is 7.45. The smallest absolute Gasteiger partial charge is 0.340 e. The summed E-state index contributed by atoms with van der Waals surface area (Å²) < 4.78 is 21.1. The van der Waals surface area contributed by atoms with Crippen molar-refractivity contribution >= 4 is 11.9 Å². The highest BCUT2D eigenvalue weighted by atomic mass is 19.1. The second-order valence-corrected chi connectivity index (χ2v) is 2.36. The molecular weight excluding hydrogens is 181 g/mol. The number of nitrogens with two attached hydrogens (primary N) is 1. The summed E-state index contributed by atoms with van der Waals surface area (Å²) in [5, 5.41) is 0. The second-order valence-electron chi connectivity index (χ2n) is 2.36. The Morgan fingerprint density at radius 1 is 1.31 bits per heavy atom. The fourth-order valence-electron chi connectivity index (χ4n) is 0.695. The van der Waals surface area contributed by atoms with Crippen LogP contribution in [-0.2, 0) is 19.1 Å². The van der Waals surface area contributed by atoms with Gasteiger partial charge in [0.2, 0.25) is 0 Å². The Balaban J connectivity index is 3.98. The molecule has 6 heteroatoms. The van der Waals surface area contributed by atoms with Crippen LogP contribution in [0.15, 0.2) is 0 Å². The molecule has 0 saturated carbocycles. The van der Waals surface area contributed by atoms with E-state index in [-0.39, 0.29) is 0 Å². The SMILES string of the molecule is COC(=O)[C@H](F)C[C@H](N)C(=O)OC. The number of methoxy groups -OCH3 is 2. The van der Waals surface area contributed by atoms with Gasteiger partial charge in [0.25, 0.3) is 0 Å². The van der Waals surface area contributed by atoms with Crippen molar-refractivity contribution in [3.63, 3.8) is 0 Å². The minimum atomic E-state index is -1.89. The van der Waals surface area contributed by atoms with Crippen molar-refractivity contribution in [2.45, 2.75) is 18.6 Å². The van der Waals surface area contributed by atoms with Crippen molar-refractivity contribution in [2.24, 2.45) is 5.73 Å². The van der Waals surface area contributed by atoms with Crippen LogP contribution in [0.1, 0.15) is 6.42 Å². The van der Waals surface area contributed by atoms with E-state index >= 15 is 0 Å². The predicted octanol–water partition coefficient (Wildman–Crippen LogP) is -0.612. The molecule has 0 aliphatic heterocycles. The summed E-state index contributed by atoms with van der Waals surface area (Å²) >= 11 is 0.